The van der Waals surface area contributed by atoms with E-state index in [0.717, 1.165) is 5.56 Å². The van der Waals surface area contributed by atoms with Gasteiger partial charge in [-0.3, -0.25) is 0 Å². The Morgan fingerprint density at radius 1 is 1.50 bits per heavy atom. The van der Waals surface area contributed by atoms with E-state index < -0.39 is 5.97 Å². The lowest BCUT2D eigenvalue weighted by molar-refractivity contribution is -0.136. The number of ether oxygens (including phenoxy) is 1. The first-order valence-electron chi connectivity index (χ1n) is 6.01. The lowest BCUT2D eigenvalue weighted by atomic mass is 10.2. The molecule has 0 atom stereocenters. The van der Waals surface area contributed by atoms with Crippen LogP contribution in [0.2, 0.25) is 5.02 Å². The van der Waals surface area contributed by atoms with E-state index in [2.05, 4.69) is 15.5 Å². The van der Waals surface area contributed by atoms with Crippen LogP contribution < -0.4 is 0 Å². The number of aromatic nitrogens is 4. The van der Waals surface area contributed by atoms with Gasteiger partial charge in [-0.05, 0) is 48.0 Å². The van der Waals surface area contributed by atoms with Crippen molar-refractivity contribution in [2.45, 2.75) is 13.8 Å². The predicted molar refractivity (Wildman–Crippen MR) is 74.8 cm³/mol. The molecule has 20 heavy (non-hydrogen) atoms. The van der Waals surface area contributed by atoms with Crippen LogP contribution in [0.4, 0.5) is 0 Å². The Hall–Kier alpha value is -2.21. The van der Waals surface area contributed by atoms with Crippen molar-refractivity contribution in [3.8, 4) is 0 Å². The number of nitrogens with zero attached hydrogens (tertiary/aromatic N) is 4. The largest absolute Gasteiger partial charge is 0.461 e. The summed E-state index contributed by atoms with van der Waals surface area (Å²) in [4.78, 5) is 12.0. The first kappa shape index (κ1) is 14.2. The molecule has 0 aliphatic heterocycles. The molecule has 0 bridgehead atoms. The molecule has 0 unspecified atom stereocenters. The Balaban J connectivity index is 2.46. The lowest BCUT2D eigenvalue weighted by Gasteiger charge is -2.07. The van der Waals surface area contributed by atoms with Gasteiger partial charge in [-0.2, -0.15) is 4.68 Å². The second-order valence-electron chi connectivity index (χ2n) is 3.94. The van der Waals surface area contributed by atoms with Gasteiger partial charge in [0.25, 0.3) is 0 Å². The maximum Gasteiger partial charge on any atom is 0.357 e. The van der Waals surface area contributed by atoms with E-state index in [-0.39, 0.29) is 12.3 Å². The summed E-state index contributed by atoms with van der Waals surface area (Å²) in [5.74, 6) is -0.00536. The van der Waals surface area contributed by atoms with Gasteiger partial charge in [0.15, 0.2) is 11.5 Å². The van der Waals surface area contributed by atoms with E-state index in [4.69, 9.17) is 16.3 Å². The molecule has 0 fully saturated rings. The summed E-state index contributed by atoms with van der Waals surface area (Å²) in [6.07, 6.45) is 1.63. The summed E-state index contributed by atoms with van der Waals surface area (Å²) in [6.45, 7) is 3.71. The molecule has 1 aromatic carbocycles. The number of carbonyl (C=O) groups excluding carboxylic acids is 1. The number of hydrogen-bond donors (Lipinski definition) is 0. The van der Waals surface area contributed by atoms with Gasteiger partial charge in [-0.15, -0.1) is 5.10 Å². The topological polar surface area (TPSA) is 69.9 Å². The quantitative estimate of drug-likeness (QED) is 0.638. The Morgan fingerprint density at radius 3 is 2.90 bits per heavy atom. The van der Waals surface area contributed by atoms with Crippen molar-refractivity contribution in [3.05, 3.63) is 40.7 Å². The van der Waals surface area contributed by atoms with Gasteiger partial charge >= 0.3 is 5.97 Å². The number of aryl methyl sites for hydroxylation is 1. The molecule has 0 aliphatic carbocycles. The first-order valence-corrected chi connectivity index (χ1v) is 6.39. The Labute approximate surface area is 121 Å². The van der Waals surface area contributed by atoms with E-state index in [1.165, 1.54) is 4.68 Å². The maximum atomic E-state index is 12.0. The fraction of sp³-hybridized carbons (Fsp3) is 0.231. The van der Waals surface area contributed by atoms with Gasteiger partial charge in [0.05, 0.1) is 6.61 Å². The molecule has 0 saturated heterocycles. The Kier molecular flexibility index (Phi) is 4.47. The molecular formula is C13H13ClN4O2. The zero-order valence-electron chi connectivity index (χ0n) is 11.1. The number of halogens is 1. The number of carbonyl (C=O) groups is 1. The third kappa shape index (κ3) is 3.21. The number of hydrogen-bond acceptors (Lipinski definition) is 5. The standard InChI is InChI=1S/C13H13ClN4O2/c1-3-20-13(19)12(18-9(2)15-16-17-18)8-10-5-4-6-11(14)7-10/h4-8H,3H2,1-2H3/b12-8-. The fourth-order valence-corrected chi connectivity index (χ4v) is 1.82. The van der Waals surface area contributed by atoms with Crippen molar-refractivity contribution in [3.63, 3.8) is 0 Å². The van der Waals surface area contributed by atoms with E-state index in [1.807, 2.05) is 6.07 Å². The highest BCUT2D eigenvalue weighted by atomic mass is 35.5. The van der Waals surface area contributed by atoms with Crippen LogP contribution in [-0.4, -0.2) is 32.8 Å². The van der Waals surface area contributed by atoms with Crippen molar-refractivity contribution in [1.29, 1.82) is 0 Å². The monoisotopic (exact) mass is 292 g/mol. The van der Waals surface area contributed by atoms with E-state index in [9.17, 15) is 4.79 Å². The average molecular weight is 293 g/mol. The van der Waals surface area contributed by atoms with Gasteiger partial charge in [0.2, 0.25) is 0 Å². The number of tetrazole rings is 1. The highest BCUT2D eigenvalue weighted by Crippen LogP contribution is 2.17. The van der Waals surface area contributed by atoms with Crippen molar-refractivity contribution in [2.75, 3.05) is 6.61 Å². The molecule has 0 aliphatic rings. The highest BCUT2D eigenvalue weighted by molar-refractivity contribution is 6.30. The van der Waals surface area contributed by atoms with Crippen molar-refractivity contribution in [2.24, 2.45) is 0 Å². The zero-order chi connectivity index (χ0) is 14.5. The predicted octanol–water partition coefficient (Wildman–Crippen LogP) is 2.20. The van der Waals surface area contributed by atoms with Crippen LogP contribution in [-0.2, 0) is 9.53 Å². The van der Waals surface area contributed by atoms with E-state index in [1.54, 1.807) is 38.1 Å². The molecule has 104 valence electrons. The second-order valence-corrected chi connectivity index (χ2v) is 4.38. The van der Waals surface area contributed by atoms with Crippen LogP contribution in [0.1, 0.15) is 18.3 Å². The highest BCUT2D eigenvalue weighted by Gasteiger charge is 2.17. The number of rotatable bonds is 4. The summed E-state index contributed by atoms with van der Waals surface area (Å²) in [6, 6.07) is 7.11. The van der Waals surface area contributed by atoms with Crippen molar-refractivity contribution >= 4 is 29.3 Å². The van der Waals surface area contributed by atoms with E-state index >= 15 is 0 Å². The molecule has 6 nitrogen and oxygen atoms in total. The van der Waals surface area contributed by atoms with Gasteiger partial charge in [0, 0.05) is 5.02 Å². The van der Waals surface area contributed by atoms with Crippen molar-refractivity contribution < 1.29 is 9.53 Å². The number of esters is 1. The molecule has 0 radical (unpaired) electrons. The molecule has 0 spiro atoms. The molecule has 1 aromatic heterocycles. The molecule has 0 N–H and O–H groups in total. The van der Waals surface area contributed by atoms with Crippen LogP contribution in [0.15, 0.2) is 24.3 Å². The van der Waals surface area contributed by atoms with Gasteiger partial charge in [-0.1, -0.05) is 23.7 Å². The zero-order valence-corrected chi connectivity index (χ0v) is 11.8. The Morgan fingerprint density at radius 2 is 2.30 bits per heavy atom. The van der Waals surface area contributed by atoms with E-state index in [0.29, 0.717) is 10.8 Å². The average Bonchev–Trinajstić information content (AvgIpc) is 2.82. The summed E-state index contributed by atoms with van der Waals surface area (Å²) >= 11 is 5.93. The minimum Gasteiger partial charge on any atom is -0.461 e. The molecule has 7 heteroatoms. The summed E-state index contributed by atoms with van der Waals surface area (Å²) in [7, 11) is 0. The smallest absolute Gasteiger partial charge is 0.357 e. The lowest BCUT2D eigenvalue weighted by Crippen LogP contribution is -2.14. The second kappa shape index (κ2) is 6.29. The minimum atomic E-state index is -0.497. The molecule has 1 heterocycles. The summed E-state index contributed by atoms with van der Waals surface area (Å²) in [5.41, 5.74) is 0.993. The van der Waals surface area contributed by atoms with Crippen LogP contribution >= 0.6 is 11.6 Å². The molecular weight excluding hydrogens is 280 g/mol. The van der Waals surface area contributed by atoms with Crippen LogP contribution in [0.3, 0.4) is 0 Å². The first-order chi connectivity index (χ1) is 9.61. The molecule has 2 rings (SSSR count). The van der Waals surface area contributed by atoms with Crippen LogP contribution in [0, 0.1) is 6.92 Å². The van der Waals surface area contributed by atoms with Crippen LogP contribution in [0.25, 0.3) is 11.8 Å². The third-order valence-corrected chi connectivity index (χ3v) is 2.73. The van der Waals surface area contributed by atoms with Crippen LogP contribution in [0.5, 0.6) is 0 Å². The minimum absolute atomic E-state index is 0.233. The number of benzene rings is 1. The van der Waals surface area contributed by atoms with Gasteiger partial charge in [0.1, 0.15) is 0 Å². The van der Waals surface area contributed by atoms with Gasteiger partial charge in [-0.25, -0.2) is 4.79 Å². The normalized spacial score (nSPS) is 11.4. The van der Waals surface area contributed by atoms with Crippen molar-refractivity contribution in [1.82, 2.24) is 20.2 Å². The Bertz CT molecular complexity index is 651. The molecule has 2 aromatic rings. The third-order valence-electron chi connectivity index (χ3n) is 2.49. The SMILES string of the molecule is CCOC(=O)/C(=C/c1cccc(Cl)c1)n1nnnc1C. The fourth-order valence-electron chi connectivity index (χ4n) is 1.62. The van der Waals surface area contributed by atoms with Gasteiger partial charge < -0.3 is 4.74 Å². The molecule has 0 amide bonds. The summed E-state index contributed by atoms with van der Waals surface area (Å²) < 4.78 is 6.36. The summed E-state index contributed by atoms with van der Waals surface area (Å²) in [5, 5.41) is 11.7. The molecule has 0 saturated carbocycles. The maximum absolute atomic E-state index is 12.0.